The Morgan fingerprint density at radius 1 is 1.53 bits per heavy atom. The molecule has 1 aromatic carbocycles. The number of carboxylic acid groups (broad SMARTS) is 1. The third kappa shape index (κ3) is 4.28. The van der Waals surface area contributed by atoms with E-state index >= 15 is 0 Å². The molecule has 0 radical (unpaired) electrons. The number of carbonyl (C=O) groups is 1. The average molecular weight is 207 g/mol. The van der Waals surface area contributed by atoms with Crippen molar-refractivity contribution < 1.29 is 14.6 Å². The maximum Gasteiger partial charge on any atom is 0.341 e. The zero-order chi connectivity index (χ0) is 11.1. The van der Waals surface area contributed by atoms with Gasteiger partial charge in [0.25, 0.3) is 0 Å². The van der Waals surface area contributed by atoms with Gasteiger partial charge < -0.3 is 15.6 Å². The second-order valence-corrected chi connectivity index (χ2v) is 2.89. The van der Waals surface area contributed by atoms with Crippen LogP contribution >= 0.6 is 0 Å². The van der Waals surface area contributed by atoms with Crippen LogP contribution in [0.15, 0.2) is 30.3 Å². The lowest BCUT2D eigenvalue weighted by atomic mass is 10.2. The van der Waals surface area contributed by atoms with Gasteiger partial charge in [0.1, 0.15) is 5.75 Å². The minimum atomic E-state index is -0.988. The Kier molecular flexibility index (Phi) is 4.37. The summed E-state index contributed by atoms with van der Waals surface area (Å²) in [6.07, 6.45) is 3.67. The van der Waals surface area contributed by atoms with Crippen LogP contribution < -0.4 is 10.5 Å². The Morgan fingerprint density at radius 2 is 2.33 bits per heavy atom. The van der Waals surface area contributed by atoms with Gasteiger partial charge in [-0.3, -0.25) is 0 Å². The maximum absolute atomic E-state index is 10.3. The predicted molar refractivity (Wildman–Crippen MR) is 57.7 cm³/mol. The number of ether oxygens (including phenoxy) is 1. The third-order valence-corrected chi connectivity index (χ3v) is 1.67. The summed E-state index contributed by atoms with van der Waals surface area (Å²) < 4.78 is 5.02. The van der Waals surface area contributed by atoms with Crippen LogP contribution in [0.1, 0.15) is 5.56 Å². The summed E-state index contributed by atoms with van der Waals surface area (Å²) >= 11 is 0. The Balaban J connectivity index is 2.65. The van der Waals surface area contributed by atoms with Crippen molar-refractivity contribution in [2.45, 2.75) is 0 Å². The van der Waals surface area contributed by atoms with Crippen molar-refractivity contribution in [3.8, 4) is 5.75 Å². The van der Waals surface area contributed by atoms with E-state index in [1.807, 2.05) is 18.2 Å². The number of rotatable bonds is 5. The minimum Gasteiger partial charge on any atom is -0.482 e. The number of aliphatic carboxylic acids is 1. The van der Waals surface area contributed by atoms with Crippen LogP contribution in [0.2, 0.25) is 0 Å². The summed E-state index contributed by atoms with van der Waals surface area (Å²) in [6.45, 7) is 0.143. The van der Waals surface area contributed by atoms with Gasteiger partial charge in [0.05, 0.1) is 0 Å². The molecule has 0 saturated carbocycles. The lowest BCUT2D eigenvalue weighted by molar-refractivity contribution is -0.139. The number of carboxylic acids is 1. The van der Waals surface area contributed by atoms with E-state index in [0.29, 0.717) is 12.3 Å². The molecule has 0 spiro atoms. The molecule has 0 aliphatic carbocycles. The van der Waals surface area contributed by atoms with Gasteiger partial charge >= 0.3 is 5.97 Å². The van der Waals surface area contributed by atoms with Crippen molar-refractivity contribution in [1.29, 1.82) is 0 Å². The van der Waals surface area contributed by atoms with Crippen LogP contribution in [0.4, 0.5) is 0 Å². The zero-order valence-corrected chi connectivity index (χ0v) is 8.22. The molecule has 0 amide bonds. The Morgan fingerprint density at radius 3 is 3.00 bits per heavy atom. The molecule has 1 rings (SSSR count). The van der Waals surface area contributed by atoms with E-state index in [4.69, 9.17) is 15.6 Å². The van der Waals surface area contributed by atoms with Gasteiger partial charge in [0.15, 0.2) is 6.61 Å². The summed E-state index contributed by atoms with van der Waals surface area (Å²) in [4.78, 5) is 10.3. The van der Waals surface area contributed by atoms with Gasteiger partial charge in [-0.15, -0.1) is 0 Å². The van der Waals surface area contributed by atoms with Gasteiger partial charge in [-0.05, 0) is 17.7 Å². The fourth-order valence-electron chi connectivity index (χ4n) is 1.06. The van der Waals surface area contributed by atoms with Crippen molar-refractivity contribution in [2.75, 3.05) is 13.2 Å². The Labute approximate surface area is 88.0 Å². The highest BCUT2D eigenvalue weighted by atomic mass is 16.5. The summed E-state index contributed by atoms with van der Waals surface area (Å²) in [5.41, 5.74) is 6.25. The maximum atomic E-state index is 10.3. The van der Waals surface area contributed by atoms with Crippen molar-refractivity contribution >= 4 is 12.0 Å². The van der Waals surface area contributed by atoms with Crippen LogP contribution in [0.5, 0.6) is 5.75 Å². The van der Waals surface area contributed by atoms with Crippen molar-refractivity contribution in [2.24, 2.45) is 5.73 Å². The molecule has 0 saturated heterocycles. The van der Waals surface area contributed by atoms with Crippen LogP contribution in [-0.4, -0.2) is 24.2 Å². The molecule has 0 bridgehead atoms. The largest absolute Gasteiger partial charge is 0.482 e. The summed E-state index contributed by atoms with van der Waals surface area (Å²) in [5.74, 6) is -0.450. The first-order chi connectivity index (χ1) is 7.22. The molecule has 1 aromatic rings. The van der Waals surface area contributed by atoms with E-state index in [9.17, 15) is 4.79 Å². The molecule has 0 fully saturated rings. The van der Waals surface area contributed by atoms with Gasteiger partial charge in [-0.25, -0.2) is 4.79 Å². The molecule has 0 atom stereocenters. The second-order valence-electron chi connectivity index (χ2n) is 2.89. The fourth-order valence-corrected chi connectivity index (χ4v) is 1.06. The molecule has 15 heavy (non-hydrogen) atoms. The topological polar surface area (TPSA) is 72.5 Å². The number of hydrogen-bond donors (Lipinski definition) is 2. The monoisotopic (exact) mass is 207 g/mol. The highest BCUT2D eigenvalue weighted by molar-refractivity contribution is 5.68. The quantitative estimate of drug-likeness (QED) is 0.759. The lowest BCUT2D eigenvalue weighted by Crippen LogP contribution is -2.09. The predicted octanol–water partition coefficient (Wildman–Crippen LogP) is 1.12. The van der Waals surface area contributed by atoms with Crippen LogP contribution in [-0.2, 0) is 4.79 Å². The first-order valence-corrected chi connectivity index (χ1v) is 4.53. The van der Waals surface area contributed by atoms with Gasteiger partial charge in [-0.1, -0.05) is 24.3 Å². The highest BCUT2D eigenvalue weighted by Gasteiger charge is 1.98. The van der Waals surface area contributed by atoms with Gasteiger partial charge in [0, 0.05) is 6.54 Å². The summed E-state index contributed by atoms with van der Waals surface area (Å²) in [5, 5.41) is 8.43. The van der Waals surface area contributed by atoms with Crippen molar-refractivity contribution in [3.63, 3.8) is 0 Å². The Hall–Kier alpha value is -1.81. The van der Waals surface area contributed by atoms with E-state index in [1.54, 1.807) is 18.2 Å². The lowest BCUT2D eigenvalue weighted by Gasteiger charge is -2.03. The standard InChI is InChI=1S/C11H13NO3/c12-6-2-4-9-3-1-5-10(7-9)15-8-11(13)14/h1-5,7H,6,8,12H2,(H,13,14). The molecular formula is C11H13NO3. The highest BCUT2D eigenvalue weighted by Crippen LogP contribution is 2.14. The SMILES string of the molecule is NCC=Cc1cccc(OCC(=O)O)c1. The fraction of sp³-hybridized carbons (Fsp3) is 0.182. The molecular weight excluding hydrogens is 194 g/mol. The van der Waals surface area contributed by atoms with Crippen molar-refractivity contribution in [3.05, 3.63) is 35.9 Å². The number of nitrogens with two attached hydrogens (primary N) is 1. The molecule has 0 aromatic heterocycles. The normalized spacial score (nSPS) is 10.5. The number of benzene rings is 1. The number of hydrogen-bond acceptors (Lipinski definition) is 3. The van der Waals surface area contributed by atoms with E-state index in [2.05, 4.69) is 0 Å². The molecule has 0 heterocycles. The first kappa shape index (κ1) is 11.3. The van der Waals surface area contributed by atoms with E-state index in [1.165, 1.54) is 0 Å². The molecule has 80 valence electrons. The average Bonchev–Trinajstić information content (AvgIpc) is 2.24. The third-order valence-electron chi connectivity index (χ3n) is 1.67. The molecule has 0 unspecified atom stereocenters. The van der Waals surface area contributed by atoms with Crippen LogP contribution in [0.25, 0.3) is 6.08 Å². The first-order valence-electron chi connectivity index (χ1n) is 4.53. The van der Waals surface area contributed by atoms with E-state index in [-0.39, 0.29) is 6.61 Å². The minimum absolute atomic E-state index is 0.329. The molecule has 0 aliphatic heterocycles. The van der Waals surface area contributed by atoms with E-state index < -0.39 is 5.97 Å². The van der Waals surface area contributed by atoms with Crippen molar-refractivity contribution in [1.82, 2.24) is 0 Å². The van der Waals surface area contributed by atoms with Crippen LogP contribution in [0.3, 0.4) is 0 Å². The summed E-state index contributed by atoms with van der Waals surface area (Å²) in [7, 11) is 0. The zero-order valence-electron chi connectivity index (χ0n) is 8.22. The molecule has 4 nitrogen and oxygen atoms in total. The van der Waals surface area contributed by atoms with E-state index in [0.717, 1.165) is 5.56 Å². The Bertz CT molecular complexity index is 361. The van der Waals surface area contributed by atoms with Gasteiger partial charge in [0.2, 0.25) is 0 Å². The van der Waals surface area contributed by atoms with Gasteiger partial charge in [-0.2, -0.15) is 0 Å². The molecule has 3 N–H and O–H groups in total. The second kappa shape index (κ2) is 5.82. The summed E-state index contributed by atoms with van der Waals surface area (Å²) in [6, 6.07) is 7.16. The van der Waals surface area contributed by atoms with Crippen LogP contribution in [0, 0.1) is 0 Å². The molecule has 4 heteroatoms. The smallest absolute Gasteiger partial charge is 0.341 e. The molecule has 0 aliphatic rings.